The summed E-state index contributed by atoms with van der Waals surface area (Å²) in [4.78, 5) is 45.0. The van der Waals surface area contributed by atoms with E-state index in [4.69, 9.17) is 9.47 Å². The molecule has 1 spiro atoms. The van der Waals surface area contributed by atoms with Gasteiger partial charge in [-0.2, -0.15) is 0 Å². The van der Waals surface area contributed by atoms with E-state index >= 15 is 0 Å². The molecular formula is C27H40N2O6. The number of nitrogens with zero attached hydrogens (tertiary/aromatic N) is 2. The number of ether oxygens (including phenoxy) is 2. The van der Waals surface area contributed by atoms with E-state index in [0.717, 1.165) is 32.1 Å². The third-order valence-electron chi connectivity index (χ3n) is 8.81. The highest BCUT2D eigenvalue weighted by atomic mass is 16.6. The van der Waals surface area contributed by atoms with E-state index in [2.05, 4.69) is 13.2 Å². The Balaban J connectivity index is 1.78. The highest BCUT2D eigenvalue weighted by Gasteiger charge is 2.79. The van der Waals surface area contributed by atoms with Crippen molar-refractivity contribution in [1.29, 1.82) is 0 Å². The predicted molar refractivity (Wildman–Crippen MR) is 130 cm³/mol. The zero-order chi connectivity index (χ0) is 25.4. The molecule has 0 aromatic carbocycles. The zero-order valence-electron chi connectivity index (χ0n) is 21.1. The third kappa shape index (κ3) is 3.93. The molecule has 1 N–H and O–H groups in total. The van der Waals surface area contributed by atoms with Crippen LogP contribution in [-0.4, -0.2) is 81.8 Å². The molecule has 4 rings (SSSR count). The highest BCUT2D eigenvalue weighted by Crippen LogP contribution is 2.64. The number of fused-ring (bicyclic) bond motifs is 1. The fourth-order valence-corrected chi connectivity index (χ4v) is 7.19. The SMILES string of the molecule is C=CCOC(=O)[C@H]1[C@H]2C(=O)N([C@H](C)CO)C(C(=O)N(CC=C)C3CCCCC3)C23CC[C@]1(CC)O3. The van der Waals surface area contributed by atoms with Crippen molar-refractivity contribution in [2.24, 2.45) is 11.8 Å². The lowest BCUT2D eigenvalue weighted by molar-refractivity contribution is -0.163. The lowest BCUT2D eigenvalue weighted by Crippen LogP contribution is -2.60. The number of hydrogen-bond donors (Lipinski definition) is 1. The van der Waals surface area contributed by atoms with E-state index in [-0.39, 0.29) is 31.1 Å². The summed E-state index contributed by atoms with van der Waals surface area (Å²) in [5, 5.41) is 10.0. The number of carbonyl (C=O) groups excluding carboxylic acids is 3. The molecule has 2 unspecified atom stereocenters. The Hall–Kier alpha value is -2.19. The number of likely N-dealkylation sites (tertiary alicyclic amines) is 1. The molecule has 4 aliphatic rings. The minimum Gasteiger partial charge on any atom is -0.461 e. The van der Waals surface area contributed by atoms with Crippen LogP contribution < -0.4 is 0 Å². The van der Waals surface area contributed by atoms with Crippen LogP contribution in [0, 0.1) is 11.8 Å². The van der Waals surface area contributed by atoms with Crippen LogP contribution in [0.4, 0.5) is 0 Å². The van der Waals surface area contributed by atoms with Crippen molar-refractivity contribution in [3.8, 4) is 0 Å². The van der Waals surface area contributed by atoms with Crippen molar-refractivity contribution in [2.45, 2.75) is 94.5 Å². The van der Waals surface area contributed by atoms with Crippen LogP contribution in [0.15, 0.2) is 25.3 Å². The summed E-state index contributed by atoms with van der Waals surface area (Å²) in [6.07, 6.45) is 9.99. The number of carbonyl (C=O) groups is 3. The van der Waals surface area contributed by atoms with Crippen molar-refractivity contribution < 1.29 is 29.0 Å². The van der Waals surface area contributed by atoms with Crippen LogP contribution in [-0.2, 0) is 23.9 Å². The normalized spacial score (nSPS) is 35.0. The van der Waals surface area contributed by atoms with Gasteiger partial charge in [-0.1, -0.05) is 44.9 Å². The number of esters is 1. The summed E-state index contributed by atoms with van der Waals surface area (Å²) < 4.78 is 12.2. The standard InChI is InChI=1S/C27H40N2O6/c1-5-15-28(19-11-9-8-10-12-19)24(32)22-27-14-13-26(7-3,35-27)21(25(33)34-16-6-2)20(27)23(31)29(22)18(4)17-30/h5-6,18-22,30H,1-2,7-17H2,3-4H3/t18-,20+,21-,22?,26+,27?/m1/s1. The molecule has 8 heteroatoms. The van der Waals surface area contributed by atoms with Crippen molar-refractivity contribution in [3.05, 3.63) is 25.3 Å². The van der Waals surface area contributed by atoms with Gasteiger partial charge in [-0.3, -0.25) is 14.4 Å². The van der Waals surface area contributed by atoms with Crippen molar-refractivity contribution in [3.63, 3.8) is 0 Å². The smallest absolute Gasteiger partial charge is 0.313 e. The minimum absolute atomic E-state index is 0.0525. The van der Waals surface area contributed by atoms with Crippen molar-refractivity contribution >= 4 is 17.8 Å². The predicted octanol–water partition coefficient (Wildman–Crippen LogP) is 2.60. The summed E-state index contributed by atoms with van der Waals surface area (Å²) in [7, 11) is 0. The van der Waals surface area contributed by atoms with Crippen LogP contribution >= 0.6 is 0 Å². The average molecular weight is 489 g/mol. The number of aliphatic hydroxyl groups is 1. The first-order valence-corrected chi connectivity index (χ1v) is 13.1. The molecule has 8 nitrogen and oxygen atoms in total. The van der Waals surface area contributed by atoms with Gasteiger partial charge < -0.3 is 24.4 Å². The first kappa shape index (κ1) is 25.9. The molecule has 1 aliphatic carbocycles. The van der Waals surface area contributed by atoms with E-state index in [0.29, 0.717) is 25.8 Å². The molecule has 35 heavy (non-hydrogen) atoms. The zero-order valence-corrected chi connectivity index (χ0v) is 21.1. The van der Waals surface area contributed by atoms with Gasteiger partial charge in [-0.15, -0.1) is 6.58 Å². The van der Waals surface area contributed by atoms with Crippen LogP contribution in [0.3, 0.4) is 0 Å². The molecule has 3 saturated heterocycles. The average Bonchev–Trinajstić information content (AvgIpc) is 3.49. The lowest BCUT2D eigenvalue weighted by atomic mass is 9.65. The molecule has 6 atom stereocenters. The largest absolute Gasteiger partial charge is 0.461 e. The fourth-order valence-electron chi connectivity index (χ4n) is 7.19. The summed E-state index contributed by atoms with van der Waals surface area (Å²) in [5.74, 6) is -2.55. The maximum atomic E-state index is 14.4. The van der Waals surface area contributed by atoms with Crippen molar-refractivity contribution in [1.82, 2.24) is 9.80 Å². The number of rotatable bonds is 10. The lowest BCUT2D eigenvalue weighted by Gasteiger charge is -2.42. The van der Waals surface area contributed by atoms with Gasteiger partial charge >= 0.3 is 5.97 Å². The Morgan fingerprint density at radius 2 is 1.97 bits per heavy atom. The third-order valence-corrected chi connectivity index (χ3v) is 8.81. The van der Waals surface area contributed by atoms with Gasteiger partial charge in [-0.05, 0) is 39.0 Å². The molecule has 1 saturated carbocycles. The molecular weight excluding hydrogens is 448 g/mol. The molecule has 0 aromatic heterocycles. The molecule has 0 radical (unpaired) electrons. The first-order chi connectivity index (χ1) is 16.8. The van der Waals surface area contributed by atoms with Gasteiger partial charge in [0, 0.05) is 12.6 Å². The van der Waals surface area contributed by atoms with E-state index in [1.807, 2.05) is 11.8 Å². The summed E-state index contributed by atoms with van der Waals surface area (Å²) in [6.45, 7) is 11.3. The molecule has 2 amide bonds. The summed E-state index contributed by atoms with van der Waals surface area (Å²) >= 11 is 0. The quantitative estimate of drug-likeness (QED) is 0.375. The molecule has 0 aromatic rings. The van der Waals surface area contributed by atoms with Crippen LogP contribution in [0.5, 0.6) is 0 Å². The first-order valence-electron chi connectivity index (χ1n) is 13.1. The molecule has 3 heterocycles. The van der Waals surface area contributed by atoms with Gasteiger partial charge in [0.15, 0.2) is 0 Å². The highest BCUT2D eigenvalue weighted by molar-refractivity contribution is 5.98. The second-order valence-electron chi connectivity index (χ2n) is 10.6. The molecule has 194 valence electrons. The fraction of sp³-hybridized carbons (Fsp3) is 0.741. The Labute approximate surface area is 208 Å². The number of aliphatic hydroxyl groups excluding tert-OH is 1. The Morgan fingerprint density at radius 3 is 2.57 bits per heavy atom. The van der Waals surface area contributed by atoms with E-state index < -0.39 is 41.1 Å². The topological polar surface area (TPSA) is 96.4 Å². The monoisotopic (exact) mass is 488 g/mol. The Morgan fingerprint density at radius 1 is 1.26 bits per heavy atom. The maximum Gasteiger partial charge on any atom is 0.313 e. The Kier molecular flexibility index (Phi) is 7.44. The molecule has 3 aliphatic heterocycles. The van der Waals surface area contributed by atoms with E-state index in [1.54, 1.807) is 13.0 Å². The second-order valence-corrected chi connectivity index (χ2v) is 10.6. The van der Waals surface area contributed by atoms with Gasteiger partial charge in [0.2, 0.25) is 11.8 Å². The van der Waals surface area contributed by atoms with Gasteiger partial charge in [0.05, 0.1) is 24.2 Å². The Bertz CT molecular complexity index is 870. The summed E-state index contributed by atoms with van der Waals surface area (Å²) in [5.41, 5.74) is -1.95. The summed E-state index contributed by atoms with van der Waals surface area (Å²) in [6, 6.07) is -1.40. The van der Waals surface area contributed by atoms with Crippen molar-refractivity contribution in [2.75, 3.05) is 19.8 Å². The maximum absolute atomic E-state index is 14.4. The minimum atomic E-state index is -1.11. The number of amides is 2. The van der Waals surface area contributed by atoms with Gasteiger partial charge in [0.25, 0.3) is 0 Å². The number of hydrogen-bond acceptors (Lipinski definition) is 6. The second kappa shape index (κ2) is 10.1. The van der Waals surface area contributed by atoms with Crippen LogP contribution in [0.2, 0.25) is 0 Å². The van der Waals surface area contributed by atoms with E-state index in [9.17, 15) is 19.5 Å². The van der Waals surface area contributed by atoms with E-state index in [1.165, 1.54) is 11.0 Å². The van der Waals surface area contributed by atoms with Gasteiger partial charge in [-0.25, -0.2) is 0 Å². The van der Waals surface area contributed by atoms with Crippen LogP contribution in [0.25, 0.3) is 0 Å². The van der Waals surface area contributed by atoms with Crippen LogP contribution in [0.1, 0.15) is 65.2 Å². The van der Waals surface area contributed by atoms with Gasteiger partial charge in [0.1, 0.15) is 24.2 Å². The molecule has 4 fully saturated rings. The molecule has 2 bridgehead atoms.